The molecule has 3 nitrogen and oxygen atoms in total. The van der Waals surface area contributed by atoms with Gasteiger partial charge in [0.05, 0.1) is 5.92 Å². The molecule has 1 unspecified atom stereocenters. The van der Waals surface area contributed by atoms with E-state index in [1.54, 1.807) is 6.07 Å². The lowest BCUT2D eigenvalue weighted by atomic mass is 9.73. The Labute approximate surface area is 123 Å². The lowest BCUT2D eigenvalue weighted by molar-refractivity contribution is 0.0946. The van der Waals surface area contributed by atoms with Crippen LogP contribution in [0.1, 0.15) is 43.3 Å². The smallest absolute Gasteiger partial charge is 0.251 e. The summed E-state index contributed by atoms with van der Waals surface area (Å²) >= 11 is 0. The molecule has 1 N–H and O–H groups in total. The van der Waals surface area contributed by atoms with Gasteiger partial charge in [-0.25, -0.2) is 0 Å². The first-order chi connectivity index (χ1) is 10.2. The SMILES string of the molecule is O=C1NCCc2ccc(C(=O)C3Cc4ccccc43)cc21. The number of ketones is 1. The largest absolute Gasteiger partial charge is 0.352 e. The van der Waals surface area contributed by atoms with Crippen LogP contribution in [0, 0.1) is 0 Å². The summed E-state index contributed by atoms with van der Waals surface area (Å²) in [5, 5.41) is 2.83. The van der Waals surface area contributed by atoms with Gasteiger partial charge in [-0.2, -0.15) is 0 Å². The molecule has 4 rings (SSSR count). The van der Waals surface area contributed by atoms with E-state index in [-0.39, 0.29) is 17.6 Å². The molecule has 2 aromatic carbocycles. The van der Waals surface area contributed by atoms with Crippen molar-refractivity contribution in [3.05, 3.63) is 70.3 Å². The zero-order valence-electron chi connectivity index (χ0n) is 11.6. The van der Waals surface area contributed by atoms with E-state index in [9.17, 15) is 9.59 Å². The molecule has 0 spiro atoms. The first kappa shape index (κ1) is 12.3. The van der Waals surface area contributed by atoms with Crippen LogP contribution in [0.5, 0.6) is 0 Å². The van der Waals surface area contributed by atoms with Crippen molar-refractivity contribution in [2.75, 3.05) is 6.54 Å². The molecule has 104 valence electrons. The fourth-order valence-corrected chi connectivity index (χ4v) is 3.26. The van der Waals surface area contributed by atoms with E-state index < -0.39 is 0 Å². The van der Waals surface area contributed by atoms with Crippen molar-refractivity contribution in [3.63, 3.8) is 0 Å². The van der Waals surface area contributed by atoms with Gasteiger partial charge in [0.2, 0.25) is 0 Å². The third-order valence-corrected chi connectivity index (χ3v) is 4.49. The minimum Gasteiger partial charge on any atom is -0.352 e. The summed E-state index contributed by atoms with van der Waals surface area (Å²) in [6, 6.07) is 13.6. The zero-order chi connectivity index (χ0) is 14.4. The van der Waals surface area contributed by atoms with Gasteiger partial charge in [-0.05, 0) is 35.6 Å². The monoisotopic (exact) mass is 277 g/mol. The average Bonchev–Trinajstić information content (AvgIpc) is 2.48. The predicted octanol–water partition coefficient (Wildman–Crippen LogP) is 2.50. The molecule has 1 aliphatic carbocycles. The van der Waals surface area contributed by atoms with Gasteiger partial charge in [-0.15, -0.1) is 0 Å². The Morgan fingerprint density at radius 2 is 1.95 bits per heavy atom. The third-order valence-electron chi connectivity index (χ3n) is 4.49. The highest BCUT2D eigenvalue weighted by atomic mass is 16.1. The van der Waals surface area contributed by atoms with Crippen molar-refractivity contribution >= 4 is 11.7 Å². The van der Waals surface area contributed by atoms with Gasteiger partial charge in [-0.3, -0.25) is 9.59 Å². The minimum atomic E-state index is -0.0695. The first-order valence-corrected chi connectivity index (χ1v) is 7.27. The number of hydrogen-bond donors (Lipinski definition) is 1. The van der Waals surface area contributed by atoms with Crippen LogP contribution in [0.25, 0.3) is 0 Å². The summed E-state index contributed by atoms with van der Waals surface area (Å²) < 4.78 is 0. The van der Waals surface area contributed by atoms with E-state index in [4.69, 9.17) is 0 Å². The van der Waals surface area contributed by atoms with E-state index >= 15 is 0 Å². The standard InChI is InChI=1S/C18H15NO2/c20-17(16-9-12-3-1-2-4-14(12)16)13-6-5-11-7-8-19-18(21)15(11)10-13/h1-6,10,16H,7-9H2,(H,19,21). The number of carbonyl (C=O) groups excluding carboxylic acids is 2. The Morgan fingerprint density at radius 1 is 1.10 bits per heavy atom. The van der Waals surface area contributed by atoms with Crippen LogP contribution in [0.2, 0.25) is 0 Å². The maximum absolute atomic E-state index is 12.7. The van der Waals surface area contributed by atoms with Crippen LogP contribution in [0.4, 0.5) is 0 Å². The third kappa shape index (κ3) is 1.88. The van der Waals surface area contributed by atoms with Crippen LogP contribution in [0.15, 0.2) is 42.5 Å². The van der Waals surface area contributed by atoms with Crippen molar-refractivity contribution in [1.82, 2.24) is 5.32 Å². The highest BCUT2D eigenvalue weighted by Gasteiger charge is 2.32. The molecule has 1 atom stereocenters. The summed E-state index contributed by atoms with van der Waals surface area (Å²) in [5.74, 6) is 0.000634. The number of amides is 1. The second-order valence-electron chi connectivity index (χ2n) is 5.70. The quantitative estimate of drug-likeness (QED) is 0.857. The van der Waals surface area contributed by atoms with Crippen LogP contribution in [-0.4, -0.2) is 18.2 Å². The Morgan fingerprint density at radius 3 is 2.81 bits per heavy atom. The highest BCUT2D eigenvalue weighted by Crippen LogP contribution is 2.37. The van der Waals surface area contributed by atoms with E-state index in [0.717, 1.165) is 24.0 Å². The molecule has 2 aliphatic rings. The van der Waals surface area contributed by atoms with Crippen LogP contribution in [0.3, 0.4) is 0 Å². The van der Waals surface area contributed by atoms with Gasteiger partial charge >= 0.3 is 0 Å². The van der Waals surface area contributed by atoms with Crippen molar-refractivity contribution in [2.45, 2.75) is 18.8 Å². The maximum atomic E-state index is 12.7. The zero-order valence-corrected chi connectivity index (χ0v) is 11.6. The first-order valence-electron chi connectivity index (χ1n) is 7.27. The summed E-state index contributed by atoms with van der Waals surface area (Å²) in [6.07, 6.45) is 1.64. The number of benzene rings is 2. The molecular formula is C18H15NO2. The number of hydrogen-bond acceptors (Lipinski definition) is 2. The van der Waals surface area contributed by atoms with Crippen LogP contribution in [-0.2, 0) is 12.8 Å². The molecule has 0 bridgehead atoms. The number of rotatable bonds is 2. The lowest BCUT2D eigenvalue weighted by Gasteiger charge is -2.29. The fourth-order valence-electron chi connectivity index (χ4n) is 3.26. The molecule has 1 amide bonds. The fraction of sp³-hybridized carbons (Fsp3) is 0.222. The highest BCUT2D eigenvalue weighted by molar-refractivity contribution is 6.05. The second-order valence-corrected chi connectivity index (χ2v) is 5.70. The molecule has 1 heterocycles. The normalized spacial score (nSPS) is 19.0. The molecule has 0 saturated carbocycles. The van der Waals surface area contributed by atoms with E-state index in [1.807, 2.05) is 30.3 Å². The van der Waals surface area contributed by atoms with Gasteiger partial charge in [0.25, 0.3) is 5.91 Å². The van der Waals surface area contributed by atoms with Crippen LogP contribution < -0.4 is 5.32 Å². The van der Waals surface area contributed by atoms with Crippen molar-refractivity contribution in [1.29, 1.82) is 0 Å². The van der Waals surface area contributed by atoms with Crippen molar-refractivity contribution in [3.8, 4) is 0 Å². The van der Waals surface area contributed by atoms with Crippen molar-refractivity contribution in [2.24, 2.45) is 0 Å². The topological polar surface area (TPSA) is 46.2 Å². The number of nitrogens with one attached hydrogen (secondary N) is 1. The summed E-state index contributed by atoms with van der Waals surface area (Å²) in [5.41, 5.74) is 4.71. The molecular weight excluding hydrogens is 262 g/mol. The molecule has 1 aliphatic heterocycles. The Balaban J connectivity index is 1.67. The number of fused-ring (bicyclic) bond motifs is 2. The molecule has 2 aromatic rings. The summed E-state index contributed by atoms with van der Waals surface area (Å²) in [6.45, 7) is 0.676. The average molecular weight is 277 g/mol. The van der Waals surface area contributed by atoms with E-state index in [1.165, 1.54) is 5.56 Å². The lowest BCUT2D eigenvalue weighted by Crippen LogP contribution is -2.32. The van der Waals surface area contributed by atoms with Gasteiger partial charge in [-0.1, -0.05) is 36.4 Å². The van der Waals surface area contributed by atoms with Gasteiger partial charge < -0.3 is 5.32 Å². The summed E-state index contributed by atoms with van der Waals surface area (Å²) in [4.78, 5) is 24.5. The van der Waals surface area contributed by atoms with Gasteiger partial charge in [0.15, 0.2) is 5.78 Å². The van der Waals surface area contributed by atoms with E-state index in [2.05, 4.69) is 11.4 Å². The molecule has 21 heavy (non-hydrogen) atoms. The second kappa shape index (κ2) is 4.55. The van der Waals surface area contributed by atoms with E-state index in [0.29, 0.717) is 17.7 Å². The van der Waals surface area contributed by atoms with Gasteiger partial charge in [0.1, 0.15) is 0 Å². The number of carbonyl (C=O) groups is 2. The molecule has 0 aromatic heterocycles. The summed E-state index contributed by atoms with van der Waals surface area (Å²) in [7, 11) is 0. The Kier molecular flexibility index (Phi) is 2.67. The van der Waals surface area contributed by atoms with Gasteiger partial charge in [0, 0.05) is 17.7 Å². The van der Waals surface area contributed by atoms with Crippen molar-refractivity contribution < 1.29 is 9.59 Å². The maximum Gasteiger partial charge on any atom is 0.251 e. The predicted molar refractivity (Wildman–Crippen MR) is 79.7 cm³/mol. The molecule has 3 heteroatoms. The molecule has 0 fully saturated rings. The molecule has 0 saturated heterocycles. The minimum absolute atomic E-state index is 0.0501. The molecule has 0 radical (unpaired) electrons. The Bertz CT molecular complexity index is 764. The Hall–Kier alpha value is -2.42. The number of Topliss-reactive ketones (excluding diaryl/α,β-unsaturated/α-hetero) is 1. The van der Waals surface area contributed by atoms with Crippen LogP contribution >= 0.6 is 0 Å².